The fourth-order valence-electron chi connectivity index (χ4n) is 10.2. The first kappa shape index (κ1) is 36.0. The van der Waals surface area contributed by atoms with Crippen LogP contribution in [0.3, 0.4) is 0 Å². The summed E-state index contributed by atoms with van der Waals surface area (Å²) in [6.45, 7) is 9.52. The van der Waals surface area contributed by atoms with Gasteiger partial charge in [-0.3, -0.25) is 0 Å². The lowest BCUT2D eigenvalue weighted by Gasteiger charge is -2.43. The zero-order chi connectivity index (χ0) is 40.6. The molecule has 0 atom stereocenters. The minimum absolute atomic E-state index is 0.135. The lowest BCUT2D eigenvalue weighted by molar-refractivity contribution is 0.632. The van der Waals surface area contributed by atoms with Gasteiger partial charge in [-0.2, -0.15) is 0 Å². The quantitative estimate of drug-likeness (QED) is 0.166. The normalized spacial score (nSPS) is 14.2. The van der Waals surface area contributed by atoms with Crippen molar-refractivity contribution in [3.8, 4) is 33.4 Å². The van der Waals surface area contributed by atoms with E-state index in [1.54, 1.807) is 0 Å². The Morgan fingerprint density at radius 3 is 1.65 bits per heavy atom. The van der Waals surface area contributed by atoms with Crippen LogP contribution in [0.25, 0.3) is 44.2 Å². The number of fused-ring (bicyclic) bond motifs is 6. The summed E-state index contributed by atoms with van der Waals surface area (Å²) in [5, 5.41) is 2.45. The van der Waals surface area contributed by atoms with Gasteiger partial charge in [-0.05, 0) is 92.4 Å². The zero-order valence-corrected chi connectivity index (χ0v) is 34.5. The summed E-state index contributed by atoms with van der Waals surface area (Å²) >= 11 is 0. The van der Waals surface area contributed by atoms with E-state index in [0.717, 1.165) is 17.1 Å². The number of hydrogen-bond donors (Lipinski definition) is 0. The van der Waals surface area contributed by atoms with E-state index in [-0.39, 0.29) is 10.8 Å². The molecule has 0 spiro atoms. The molecule has 1 heterocycles. The van der Waals surface area contributed by atoms with Crippen LogP contribution in [0, 0.1) is 0 Å². The highest BCUT2D eigenvalue weighted by molar-refractivity contribution is 6.07. The molecule has 2 heteroatoms. The molecule has 60 heavy (non-hydrogen) atoms. The Kier molecular flexibility index (Phi) is 8.22. The number of rotatable bonds is 6. The van der Waals surface area contributed by atoms with Crippen LogP contribution in [0.2, 0.25) is 0 Å². The van der Waals surface area contributed by atoms with Crippen LogP contribution in [0.4, 0.5) is 34.1 Å². The van der Waals surface area contributed by atoms with Crippen molar-refractivity contribution in [2.24, 2.45) is 0 Å². The molecule has 0 N–H and O–H groups in total. The number of benzene rings is 9. The molecule has 0 saturated heterocycles. The molecule has 0 bridgehead atoms. The fraction of sp³-hybridized carbons (Fsp3) is 0.103. The maximum absolute atomic E-state index is 2.54. The lowest BCUT2D eigenvalue weighted by Crippen LogP contribution is -2.31. The Bertz CT molecular complexity index is 3100. The molecular formula is C58H46N2. The van der Waals surface area contributed by atoms with Gasteiger partial charge < -0.3 is 9.80 Å². The van der Waals surface area contributed by atoms with Crippen molar-refractivity contribution < 1.29 is 0 Å². The molecule has 9 aromatic carbocycles. The second-order valence-corrected chi connectivity index (χ2v) is 17.3. The van der Waals surface area contributed by atoms with E-state index >= 15 is 0 Å². The highest BCUT2D eigenvalue weighted by Gasteiger charge is 2.40. The minimum atomic E-state index is -0.303. The minimum Gasteiger partial charge on any atom is -0.310 e. The van der Waals surface area contributed by atoms with Crippen LogP contribution in [0.5, 0.6) is 0 Å². The van der Waals surface area contributed by atoms with E-state index in [9.17, 15) is 0 Å². The molecule has 0 unspecified atom stereocenters. The Hall–Kier alpha value is -7.16. The van der Waals surface area contributed by atoms with Crippen molar-refractivity contribution in [1.29, 1.82) is 0 Å². The van der Waals surface area contributed by atoms with E-state index < -0.39 is 0 Å². The average Bonchev–Trinajstić information content (AvgIpc) is 3.52. The summed E-state index contributed by atoms with van der Waals surface area (Å²) in [5.41, 5.74) is 19.3. The monoisotopic (exact) mass is 770 g/mol. The van der Waals surface area contributed by atoms with Gasteiger partial charge >= 0.3 is 0 Å². The van der Waals surface area contributed by atoms with E-state index in [0.29, 0.717) is 0 Å². The molecule has 0 radical (unpaired) electrons. The number of anilines is 6. The molecular weight excluding hydrogens is 725 g/mol. The molecule has 2 nitrogen and oxygen atoms in total. The van der Waals surface area contributed by atoms with Crippen molar-refractivity contribution in [1.82, 2.24) is 0 Å². The molecule has 9 aromatic rings. The van der Waals surface area contributed by atoms with Gasteiger partial charge in [0.1, 0.15) is 0 Å². The Labute approximate surface area is 353 Å². The fourth-order valence-corrected chi connectivity index (χ4v) is 10.2. The van der Waals surface area contributed by atoms with Crippen molar-refractivity contribution in [2.75, 3.05) is 9.80 Å². The molecule has 0 saturated carbocycles. The summed E-state index contributed by atoms with van der Waals surface area (Å²) in [4.78, 5) is 5.04. The standard InChI is InChI=1S/C58H46N2/c1-57(2)49-27-15-13-26-47(49)48-35-32-42(37-51(48)57)59(53-29-17-14-24-44(53)39-19-7-5-8-20-39)43-33-36-55-52(38-43)58(3,4)50-28-16-18-30-54(50)60(55)56-45-25-12-11-23-41(45)31-34-46(56)40-21-9-6-10-22-40/h5-38H,1-4H3. The summed E-state index contributed by atoms with van der Waals surface area (Å²) in [5.74, 6) is 0. The third-order valence-corrected chi connectivity index (χ3v) is 13.2. The first-order chi connectivity index (χ1) is 29.3. The first-order valence-corrected chi connectivity index (χ1v) is 21.1. The second kappa shape index (κ2) is 13.7. The van der Waals surface area contributed by atoms with Crippen molar-refractivity contribution >= 4 is 44.9 Å². The molecule has 1 aliphatic heterocycles. The number of para-hydroxylation sites is 2. The summed E-state index contributed by atoms with van der Waals surface area (Å²) < 4.78 is 0. The predicted octanol–water partition coefficient (Wildman–Crippen LogP) is 16.1. The summed E-state index contributed by atoms with van der Waals surface area (Å²) in [6, 6.07) is 76.2. The van der Waals surface area contributed by atoms with Gasteiger partial charge in [-0.1, -0.05) is 191 Å². The molecule has 0 aromatic heterocycles. The Balaban J connectivity index is 1.17. The topological polar surface area (TPSA) is 6.48 Å². The molecule has 1 aliphatic carbocycles. The third-order valence-electron chi connectivity index (χ3n) is 13.2. The molecule has 11 rings (SSSR count). The van der Waals surface area contributed by atoms with Gasteiger partial charge in [0, 0.05) is 38.7 Å². The van der Waals surface area contributed by atoms with Crippen LogP contribution in [0.1, 0.15) is 49.9 Å². The van der Waals surface area contributed by atoms with Crippen LogP contribution >= 0.6 is 0 Å². The van der Waals surface area contributed by atoms with Crippen molar-refractivity contribution in [3.63, 3.8) is 0 Å². The number of hydrogen-bond acceptors (Lipinski definition) is 2. The average molecular weight is 771 g/mol. The Morgan fingerprint density at radius 2 is 0.883 bits per heavy atom. The zero-order valence-electron chi connectivity index (χ0n) is 34.5. The molecule has 0 fully saturated rings. The van der Waals surface area contributed by atoms with Gasteiger partial charge in [0.05, 0.1) is 22.7 Å². The van der Waals surface area contributed by atoms with Gasteiger partial charge in [0.15, 0.2) is 0 Å². The van der Waals surface area contributed by atoms with Gasteiger partial charge in [-0.25, -0.2) is 0 Å². The van der Waals surface area contributed by atoms with Gasteiger partial charge in [-0.15, -0.1) is 0 Å². The highest BCUT2D eigenvalue weighted by Crippen LogP contribution is 2.57. The molecule has 0 amide bonds. The van der Waals surface area contributed by atoms with E-state index in [1.807, 2.05) is 0 Å². The Morgan fingerprint density at radius 1 is 0.367 bits per heavy atom. The summed E-state index contributed by atoms with van der Waals surface area (Å²) in [7, 11) is 0. The van der Waals surface area contributed by atoms with Crippen molar-refractivity contribution in [3.05, 3.63) is 229 Å². The van der Waals surface area contributed by atoms with Crippen molar-refractivity contribution in [2.45, 2.75) is 38.5 Å². The lowest BCUT2D eigenvalue weighted by atomic mass is 9.73. The summed E-state index contributed by atoms with van der Waals surface area (Å²) in [6.07, 6.45) is 0. The second-order valence-electron chi connectivity index (χ2n) is 17.3. The van der Waals surface area contributed by atoms with Crippen LogP contribution in [0.15, 0.2) is 206 Å². The SMILES string of the molecule is CC1(C)c2ccccc2-c2ccc(N(c3ccc4c(c3)C(C)(C)c3ccccc3N4c3c(-c4ccccc4)ccc4ccccc34)c3ccccc3-c3ccccc3)cc21. The largest absolute Gasteiger partial charge is 0.310 e. The number of nitrogens with zero attached hydrogens (tertiary/aromatic N) is 2. The highest BCUT2D eigenvalue weighted by atomic mass is 15.2. The van der Waals surface area contributed by atoms with Gasteiger partial charge in [0.2, 0.25) is 0 Å². The van der Waals surface area contributed by atoms with Gasteiger partial charge in [0.25, 0.3) is 0 Å². The van der Waals surface area contributed by atoms with E-state index in [1.165, 1.54) is 83.5 Å². The van der Waals surface area contributed by atoms with Crippen LogP contribution < -0.4 is 9.80 Å². The van der Waals surface area contributed by atoms with E-state index in [2.05, 4.69) is 244 Å². The first-order valence-electron chi connectivity index (χ1n) is 21.1. The predicted molar refractivity (Wildman–Crippen MR) is 254 cm³/mol. The maximum atomic E-state index is 2.54. The van der Waals surface area contributed by atoms with Crippen LogP contribution in [-0.2, 0) is 10.8 Å². The van der Waals surface area contributed by atoms with E-state index in [4.69, 9.17) is 0 Å². The molecule has 2 aliphatic rings. The maximum Gasteiger partial charge on any atom is 0.0618 e. The van der Waals surface area contributed by atoms with Crippen LogP contribution in [-0.4, -0.2) is 0 Å². The smallest absolute Gasteiger partial charge is 0.0618 e. The molecule has 288 valence electrons. The third kappa shape index (κ3) is 5.48.